The first-order valence-corrected chi connectivity index (χ1v) is 27.1. The van der Waals surface area contributed by atoms with E-state index in [1.54, 1.807) is 6.08 Å². The standard InChI is InChI=1S/C55H97N2O6P/c1-6-8-10-12-14-16-18-20-22-24-25-26-27-28-29-30-31-33-35-37-39-41-43-45-47-49-55(59)56-53(52-63-64(60,61)62-51-50-57(3,4)5)54(58)48-46-44-42-40-38-36-34-32-23-21-19-17-15-13-11-9-7-2/h8,10,14,16,20,22-23,25-26,28-29,32,38,40,46,48,53-54,58H,6-7,9,11-13,15,17-19,21,24,27,30-31,33-37,39,41-45,47,49-52H2,1-5H3,(H-,56,59,60,61)/b10-8-,16-14-,22-20-,26-25-,29-28-,32-23+,40-38+,48-46+. The van der Waals surface area contributed by atoms with Crippen LogP contribution in [0.2, 0.25) is 0 Å². The Balaban J connectivity index is 4.38. The molecule has 2 N–H and O–H groups in total. The number of hydrogen-bond donors (Lipinski definition) is 2. The van der Waals surface area contributed by atoms with Gasteiger partial charge in [0.15, 0.2) is 0 Å². The highest BCUT2D eigenvalue weighted by Gasteiger charge is 2.23. The van der Waals surface area contributed by atoms with Crippen molar-refractivity contribution in [1.82, 2.24) is 5.32 Å². The van der Waals surface area contributed by atoms with Gasteiger partial charge in [-0.05, 0) is 89.9 Å². The molecule has 0 aliphatic carbocycles. The Labute approximate surface area is 394 Å². The first kappa shape index (κ1) is 61.4. The molecule has 0 radical (unpaired) electrons. The van der Waals surface area contributed by atoms with Crippen LogP contribution in [0, 0.1) is 0 Å². The monoisotopic (exact) mass is 913 g/mol. The van der Waals surface area contributed by atoms with E-state index in [0.29, 0.717) is 17.4 Å². The SMILES string of the molecule is CC/C=C\C/C=C\C/C=C\C/C=C\C/C=C\CCCCCCCCCCCC(=O)NC(COP(=O)([O-])OCC[N+](C)(C)C)C(O)/C=C/CC/C=C/CC/C=C/CCCCCCCCC. The third-order valence-corrected chi connectivity index (χ3v) is 11.7. The van der Waals surface area contributed by atoms with Gasteiger partial charge in [-0.15, -0.1) is 0 Å². The van der Waals surface area contributed by atoms with Crippen molar-refractivity contribution in [3.05, 3.63) is 97.2 Å². The minimum Gasteiger partial charge on any atom is -0.756 e. The second kappa shape index (κ2) is 45.6. The third kappa shape index (κ3) is 47.4. The molecule has 0 fully saturated rings. The molecule has 64 heavy (non-hydrogen) atoms. The van der Waals surface area contributed by atoms with Crippen molar-refractivity contribution in [1.29, 1.82) is 0 Å². The molecule has 0 aromatic heterocycles. The normalized spacial score (nSPS) is 14.9. The van der Waals surface area contributed by atoms with Crippen LogP contribution in [0.5, 0.6) is 0 Å². The molecule has 0 aliphatic rings. The number of allylic oxidation sites excluding steroid dienone is 15. The molecule has 0 aromatic carbocycles. The van der Waals surface area contributed by atoms with Crippen LogP contribution in [0.3, 0.4) is 0 Å². The topological polar surface area (TPSA) is 108 Å². The highest BCUT2D eigenvalue weighted by Crippen LogP contribution is 2.38. The lowest BCUT2D eigenvalue weighted by molar-refractivity contribution is -0.870. The molecule has 3 unspecified atom stereocenters. The molecular weight excluding hydrogens is 816 g/mol. The summed E-state index contributed by atoms with van der Waals surface area (Å²) >= 11 is 0. The molecule has 0 heterocycles. The summed E-state index contributed by atoms with van der Waals surface area (Å²) in [6.07, 6.45) is 64.6. The average molecular weight is 913 g/mol. The second-order valence-corrected chi connectivity index (χ2v) is 19.5. The number of unbranched alkanes of at least 4 members (excludes halogenated alkanes) is 18. The zero-order valence-electron chi connectivity index (χ0n) is 41.7. The number of phosphoric acid groups is 1. The van der Waals surface area contributed by atoms with E-state index in [9.17, 15) is 19.4 Å². The lowest BCUT2D eigenvalue weighted by atomic mass is 10.1. The molecule has 8 nitrogen and oxygen atoms in total. The molecule has 1 amide bonds. The molecule has 3 atom stereocenters. The van der Waals surface area contributed by atoms with Crippen molar-refractivity contribution >= 4 is 13.7 Å². The third-order valence-electron chi connectivity index (χ3n) is 10.8. The number of phosphoric ester groups is 1. The van der Waals surface area contributed by atoms with E-state index in [1.807, 2.05) is 27.2 Å². The number of carbonyl (C=O) groups excluding carboxylic acids is 1. The molecule has 0 aromatic rings. The van der Waals surface area contributed by atoms with Gasteiger partial charge in [0.05, 0.1) is 39.9 Å². The van der Waals surface area contributed by atoms with E-state index in [-0.39, 0.29) is 12.5 Å². The number of amides is 1. The van der Waals surface area contributed by atoms with Crippen molar-refractivity contribution in [2.45, 2.75) is 206 Å². The van der Waals surface area contributed by atoms with E-state index in [4.69, 9.17) is 9.05 Å². The van der Waals surface area contributed by atoms with Crippen LogP contribution < -0.4 is 10.2 Å². The number of carbonyl (C=O) groups is 1. The molecule has 0 bridgehead atoms. The molecule has 368 valence electrons. The van der Waals surface area contributed by atoms with Gasteiger partial charge in [-0.1, -0.05) is 195 Å². The number of hydrogen-bond acceptors (Lipinski definition) is 6. The summed E-state index contributed by atoms with van der Waals surface area (Å²) in [5.41, 5.74) is 0. The van der Waals surface area contributed by atoms with Gasteiger partial charge in [0, 0.05) is 6.42 Å². The van der Waals surface area contributed by atoms with Gasteiger partial charge < -0.3 is 28.8 Å². The lowest BCUT2D eigenvalue weighted by Crippen LogP contribution is -2.45. The maximum absolute atomic E-state index is 12.9. The summed E-state index contributed by atoms with van der Waals surface area (Å²) in [4.78, 5) is 25.4. The van der Waals surface area contributed by atoms with Gasteiger partial charge in [-0.2, -0.15) is 0 Å². The van der Waals surface area contributed by atoms with Gasteiger partial charge in [0.25, 0.3) is 7.82 Å². The smallest absolute Gasteiger partial charge is 0.268 e. The molecule has 0 aliphatic heterocycles. The predicted octanol–water partition coefficient (Wildman–Crippen LogP) is 14.5. The Hall–Kier alpha value is -2.58. The number of likely N-dealkylation sites (N-methyl/N-ethyl adjacent to an activating group) is 1. The van der Waals surface area contributed by atoms with Crippen LogP contribution in [0.15, 0.2) is 97.2 Å². The fourth-order valence-electron chi connectivity index (χ4n) is 6.74. The molecule has 9 heteroatoms. The van der Waals surface area contributed by atoms with Crippen molar-refractivity contribution < 1.29 is 32.9 Å². The van der Waals surface area contributed by atoms with Crippen LogP contribution in [0.1, 0.15) is 194 Å². The Morgan fingerprint density at radius 3 is 1.45 bits per heavy atom. The Morgan fingerprint density at radius 1 is 0.562 bits per heavy atom. The summed E-state index contributed by atoms with van der Waals surface area (Å²) in [6, 6.07) is -0.919. The average Bonchev–Trinajstić information content (AvgIpc) is 3.25. The largest absolute Gasteiger partial charge is 0.756 e. The van der Waals surface area contributed by atoms with E-state index in [1.165, 1.54) is 83.5 Å². The second-order valence-electron chi connectivity index (χ2n) is 18.1. The number of quaternary nitrogens is 1. The molecule has 0 rings (SSSR count). The van der Waals surface area contributed by atoms with E-state index in [2.05, 4.69) is 104 Å². The van der Waals surface area contributed by atoms with Crippen LogP contribution in [-0.2, 0) is 18.4 Å². The summed E-state index contributed by atoms with van der Waals surface area (Å²) < 4.78 is 23.2. The molecular formula is C55H97N2O6P. The van der Waals surface area contributed by atoms with Crippen molar-refractivity contribution in [2.75, 3.05) is 40.9 Å². The maximum atomic E-state index is 12.9. The van der Waals surface area contributed by atoms with Crippen LogP contribution >= 0.6 is 7.82 Å². The minimum absolute atomic E-state index is 0.0153. The Kier molecular flexibility index (Phi) is 43.7. The quantitative estimate of drug-likeness (QED) is 0.0273. The Bertz CT molecular complexity index is 1360. The molecule has 0 saturated heterocycles. The van der Waals surface area contributed by atoms with Gasteiger partial charge in [0.1, 0.15) is 13.2 Å². The van der Waals surface area contributed by atoms with E-state index < -0.39 is 26.6 Å². The van der Waals surface area contributed by atoms with Gasteiger partial charge in [-0.3, -0.25) is 9.36 Å². The zero-order valence-corrected chi connectivity index (χ0v) is 42.6. The van der Waals surface area contributed by atoms with Gasteiger partial charge in [0.2, 0.25) is 5.91 Å². The maximum Gasteiger partial charge on any atom is 0.268 e. The van der Waals surface area contributed by atoms with E-state index in [0.717, 1.165) is 89.9 Å². The van der Waals surface area contributed by atoms with Crippen molar-refractivity contribution in [2.24, 2.45) is 0 Å². The fraction of sp³-hybridized carbons (Fsp3) is 0.691. The molecule has 0 spiro atoms. The number of rotatable bonds is 45. The first-order chi connectivity index (χ1) is 31.0. The van der Waals surface area contributed by atoms with Crippen LogP contribution in [-0.4, -0.2) is 68.5 Å². The highest BCUT2D eigenvalue weighted by atomic mass is 31.2. The fourth-order valence-corrected chi connectivity index (χ4v) is 7.46. The number of nitrogens with one attached hydrogen (secondary N) is 1. The lowest BCUT2D eigenvalue weighted by Gasteiger charge is -2.29. The zero-order chi connectivity index (χ0) is 47.1. The van der Waals surface area contributed by atoms with Gasteiger partial charge in [-0.25, -0.2) is 0 Å². The summed E-state index contributed by atoms with van der Waals surface area (Å²) in [6.45, 7) is 4.48. The number of nitrogens with zero attached hydrogens (tertiary/aromatic N) is 1. The predicted molar refractivity (Wildman–Crippen MR) is 274 cm³/mol. The van der Waals surface area contributed by atoms with Crippen molar-refractivity contribution in [3.8, 4) is 0 Å². The Morgan fingerprint density at radius 2 is 0.969 bits per heavy atom. The summed E-state index contributed by atoms with van der Waals surface area (Å²) in [5.74, 6) is -0.223. The summed E-state index contributed by atoms with van der Waals surface area (Å²) in [7, 11) is 1.22. The number of aliphatic hydroxyl groups excluding tert-OH is 1. The van der Waals surface area contributed by atoms with Gasteiger partial charge >= 0.3 is 0 Å². The molecule has 0 saturated carbocycles. The summed E-state index contributed by atoms with van der Waals surface area (Å²) in [5, 5.41) is 13.8. The number of aliphatic hydroxyl groups is 1. The van der Waals surface area contributed by atoms with E-state index >= 15 is 0 Å². The highest BCUT2D eigenvalue weighted by molar-refractivity contribution is 7.45. The van der Waals surface area contributed by atoms with Crippen molar-refractivity contribution in [3.63, 3.8) is 0 Å². The van der Waals surface area contributed by atoms with Crippen LogP contribution in [0.4, 0.5) is 0 Å². The minimum atomic E-state index is -4.61. The van der Waals surface area contributed by atoms with Crippen LogP contribution in [0.25, 0.3) is 0 Å². The first-order valence-electron chi connectivity index (χ1n) is 25.6.